The number of thiophene rings is 1. The van der Waals surface area contributed by atoms with Crippen LogP contribution in [0.1, 0.15) is 4.88 Å². The minimum Gasteiger partial charge on any atom is -0.351 e. The third-order valence-electron chi connectivity index (χ3n) is 5.68. The van der Waals surface area contributed by atoms with Crippen LogP contribution in [0.15, 0.2) is 52.2 Å². The third-order valence-corrected chi connectivity index (χ3v) is 11.5. The van der Waals surface area contributed by atoms with Gasteiger partial charge in [0, 0.05) is 43.1 Å². The van der Waals surface area contributed by atoms with Gasteiger partial charge in [0.2, 0.25) is 0 Å². The van der Waals surface area contributed by atoms with E-state index in [4.69, 9.17) is 0 Å². The number of sulfonamides is 1. The number of sulfone groups is 1. The number of aromatic amines is 1. The molecule has 0 saturated carbocycles. The minimum atomic E-state index is -3.65. The molecule has 1 aliphatic heterocycles. The number of hydrogen-bond acceptors (Lipinski definition) is 8. The van der Waals surface area contributed by atoms with E-state index < -0.39 is 19.9 Å². The van der Waals surface area contributed by atoms with Crippen molar-refractivity contribution in [2.24, 2.45) is 0 Å². The van der Waals surface area contributed by atoms with Crippen LogP contribution in [0.2, 0.25) is 0 Å². The molecule has 1 aliphatic rings. The van der Waals surface area contributed by atoms with Gasteiger partial charge in [0.1, 0.15) is 9.22 Å². The van der Waals surface area contributed by atoms with E-state index in [1.165, 1.54) is 15.6 Å². The van der Waals surface area contributed by atoms with Crippen LogP contribution in [0, 0.1) is 0 Å². The highest BCUT2D eigenvalue weighted by Gasteiger charge is 2.25. The molecule has 8 nitrogen and oxygen atoms in total. The molecule has 33 heavy (non-hydrogen) atoms. The first-order chi connectivity index (χ1) is 15.7. The zero-order valence-corrected chi connectivity index (χ0v) is 21.0. The predicted octanol–water partition coefficient (Wildman–Crippen LogP) is 3.41. The Morgan fingerprint density at radius 1 is 1.18 bits per heavy atom. The quantitative estimate of drug-likeness (QED) is 0.416. The minimum absolute atomic E-state index is 0.200. The highest BCUT2D eigenvalue weighted by atomic mass is 32.2. The van der Waals surface area contributed by atoms with Gasteiger partial charge in [0.25, 0.3) is 10.0 Å². The molecular weight excluding hydrogens is 501 g/mol. The average Bonchev–Trinajstić information content (AvgIpc) is 3.54. The van der Waals surface area contributed by atoms with Gasteiger partial charge in [0.05, 0.1) is 28.4 Å². The monoisotopic (exact) mass is 522 g/mol. The summed E-state index contributed by atoms with van der Waals surface area (Å²) in [6, 6.07) is 10.9. The molecule has 1 fully saturated rings. The number of rotatable bonds is 6. The van der Waals surface area contributed by atoms with Gasteiger partial charge < -0.3 is 4.98 Å². The van der Waals surface area contributed by atoms with E-state index in [-0.39, 0.29) is 11.5 Å². The number of anilines is 1. The number of para-hydroxylation sites is 1. The highest BCUT2D eigenvalue weighted by Crippen LogP contribution is 2.34. The predicted molar refractivity (Wildman–Crippen MR) is 133 cm³/mol. The fourth-order valence-electron chi connectivity index (χ4n) is 3.83. The summed E-state index contributed by atoms with van der Waals surface area (Å²) in [5, 5.41) is 3.45. The Morgan fingerprint density at radius 3 is 2.70 bits per heavy atom. The van der Waals surface area contributed by atoms with Gasteiger partial charge in [-0.3, -0.25) is 9.21 Å². The molecule has 4 heterocycles. The second kappa shape index (κ2) is 8.51. The van der Waals surface area contributed by atoms with E-state index in [1.54, 1.807) is 42.0 Å². The van der Waals surface area contributed by atoms with Crippen molar-refractivity contribution in [2.75, 3.05) is 35.9 Å². The second-order valence-corrected chi connectivity index (χ2v) is 14.5. The lowest BCUT2D eigenvalue weighted by Gasteiger charge is -2.25. The first-order valence-corrected chi connectivity index (χ1v) is 15.2. The van der Waals surface area contributed by atoms with Gasteiger partial charge in [-0.05, 0) is 23.6 Å². The lowest BCUT2D eigenvalue weighted by Crippen LogP contribution is -2.39. The molecule has 3 aromatic heterocycles. The number of benzene rings is 1. The molecule has 174 valence electrons. The summed E-state index contributed by atoms with van der Waals surface area (Å²) in [7, 11) is -4.99. The molecule has 0 unspecified atom stereocenters. The van der Waals surface area contributed by atoms with Crippen molar-refractivity contribution >= 4 is 59.1 Å². The lowest BCUT2D eigenvalue weighted by atomic mass is 10.2. The standard InChI is InChI=1S/C21H22N4O4S4/c1-24(33(28,29)19-6-3-9-30-19)18-5-2-4-15-12-17(23-20(15)18)21-22-13-16(31-21)14-25-7-10-32(26,27)11-8-25/h2-6,9,12-13,23H,7-8,10-11,14H2,1H3. The average molecular weight is 523 g/mol. The first-order valence-electron chi connectivity index (χ1n) is 10.2. The van der Waals surface area contributed by atoms with E-state index in [9.17, 15) is 16.8 Å². The van der Waals surface area contributed by atoms with Crippen molar-refractivity contribution in [3.8, 4) is 10.7 Å². The van der Waals surface area contributed by atoms with Gasteiger partial charge in [-0.25, -0.2) is 21.8 Å². The summed E-state index contributed by atoms with van der Waals surface area (Å²) in [6.45, 7) is 1.74. The van der Waals surface area contributed by atoms with E-state index in [0.717, 1.165) is 26.5 Å². The van der Waals surface area contributed by atoms with Gasteiger partial charge in [-0.2, -0.15) is 0 Å². The van der Waals surface area contributed by atoms with Crippen LogP contribution < -0.4 is 4.31 Å². The summed E-state index contributed by atoms with van der Waals surface area (Å²) in [6.07, 6.45) is 1.82. The molecule has 0 bridgehead atoms. The Morgan fingerprint density at radius 2 is 1.97 bits per heavy atom. The van der Waals surface area contributed by atoms with E-state index in [0.29, 0.717) is 29.5 Å². The second-order valence-electron chi connectivity index (χ2n) is 7.89. The van der Waals surface area contributed by atoms with Crippen LogP contribution in [0.5, 0.6) is 0 Å². The van der Waals surface area contributed by atoms with Crippen LogP contribution in [0.4, 0.5) is 5.69 Å². The number of nitrogens with zero attached hydrogens (tertiary/aromatic N) is 3. The van der Waals surface area contributed by atoms with E-state index >= 15 is 0 Å². The maximum absolute atomic E-state index is 13.0. The SMILES string of the molecule is CN(c1cccc2cc(-c3ncc(CN4CCS(=O)(=O)CC4)s3)[nH]c12)S(=O)(=O)c1cccs1. The van der Waals surface area contributed by atoms with Crippen molar-refractivity contribution in [3.63, 3.8) is 0 Å². The number of fused-ring (bicyclic) bond motifs is 1. The fourth-order valence-corrected chi connectivity index (χ4v) is 8.40. The van der Waals surface area contributed by atoms with Crippen molar-refractivity contribution in [1.29, 1.82) is 0 Å². The third kappa shape index (κ3) is 4.45. The van der Waals surface area contributed by atoms with Crippen LogP contribution in [-0.4, -0.2) is 63.3 Å². The van der Waals surface area contributed by atoms with Crippen molar-refractivity contribution < 1.29 is 16.8 Å². The zero-order valence-electron chi connectivity index (χ0n) is 17.8. The molecule has 5 rings (SSSR count). The normalized spacial score (nSPS) is 16.9. The Labute approximate surface area is 200 Å². The molecule has 4 aromatic rings. The molecule has 0 aliphatic carbocycles. The fraction of sp³-hybridized carbons (Fsp3) is 0.286. The molecule has 1 N–H and O–H groups in total. The number of H-pyrrole nitrogens is 1. The topological polar surface area (TPSA) is 103 Å². The summed E-state index contributed by atoms with van der Waals surface area (Å²) in [5.41, 5.74) is 2.11. The zero-order chi connectivity index (χ0) is 23.2. The maximum Gasteiger partial charge on any atom is 0.273 e. The number of thiazole rings is 1. The van der Waals surface area contributed by atoms with Crippen LogP contribution >= 0.6 is 22.7 Å². The molecule has 1 saturated heterocycles. The van der Waals surface area contributed by atoms with Crippen LogP contribution in [0.25, 0.3) is 21.6 Å². The lowest BCUT2D eigenvalue weighted by molar-refractivity contribution is 0.290. The molecule has 0 atom stereocenters. The summed E-state index contributed by atoms with van der Waals surface area (Å²) < 4.78 is 50.9. The Hall–Kier alpha value is -2.25. The smallest absolute Gasteiger partial charge is 0.273 e. The Kier molecular flexibility index (Phi) is 5.81. The maximum atomic E-state index is 13.0. The molecule has 1 aromatic carbocycles. The van der Waals surface area contributed by atoms with Gasteiger partial charge in [0.15, 0.2) is 9.84 Å². The summed E-state index contributed by atoms with van der Waals surface area (Å²) in [4.78, 5) is 11.1. The number of hydrogen-bond donors (Lipinski definition) is 1. The van der Waals surface area contributed by atoms with Crippen molar-refractivity contribution in [2.45, 2.75) is 10.8 Å². The Bertz CT molecular complexity index is 1490. The van der Waals surface area contributed by atoms with E-state index in [1.807, 2.05) is 24.4 Å². The van der Waals surface area contributed by atoms with Crippen molar-refractivity contribution in [1.82, 2.24) is 14.9 Å². The van der Waals surface area contributed by atoms with Crippen molar-refractivity contribution in [3.05, 3.63) is 52.9 Å². The highest BCUT2D eigenvalue weighted by molar-refractivity contribution is 7.94. The summed E-state index contributed by atoms with van der Waals surface area (Å²) in [5.74, 6) is 0.400. The first kappa shape index (κ1) is 22.5. The molecule has 0 spiro atoms. The molecule has 0 amide bonds. The van der Waals surface area contributed by atoms with E-state index in [2.05, 4.69) is 14.9 Å². The van der Waals surface area contributed by atoms with Crippen LogP contribution in [-0.2, 0) is 26.4 Å². The molecule has 12 heteroatoms. The summed E-state index contributed by atoms with van der Waals surface area (Å²) >= 11 is 2.74. The molecular formula is C21H22N4O4S4. The number of aromatic nitrogens is 2. The van der Waals surface area contributed by atoms with Crippen LogP contribution in [0.3, 0.4) is 0 Å². The largest absolute Gasteiger partial charge is 0.351 e. The Balaban J connectivity index is 1.41. The number of nitrogens with one attached hydrogen (secondary N) is 1. The van der Waals surface area contributed by atoms with Gasteiger partial charge in [-0.15, -0.1) is 22.7 Å². The van der Waals surface area contributed by atoms with Gasteiger partial charge >= 0.3 is 0 Å². The molecule has 0 radical (unpaired) electrons. The van der Waals surface area contributed by atoms with Gasteiger partial charge in [-0.1, -0.05) is 18.2 Å².